The van der Waals surface area contributed by atoms with E-state index in [4.69, 9.17) is 6.42 Å². The van der Waals surface area contributed by atoms with Crippen molar-refractivity contribution in [3.05, 3.63) is 24.3 Å². The highest BCUT2D eigenvalue weighted by molar-refractivity contribution is 5.97. The van der Waals surface area contributed by atoms with E-state index in [2.05, 4.69) is 5.92 Å². The van der Waals surface area contributed by atoms with Crippen LogP contribution in [0.15, 0.2) is 24.3 Å². The van der Waals surface area contributed by atoms with Gasteiger partial charge < -0.3 is 0 Å². The van der Waals surface area contributed by atoms with Crippen molar-refractivity contribution >= 4 is 5.78 Å². The lowest BCUT2D eigenvalue weighted by atomic mass is 9.80. The maximum atomic E-state index is 11.3. The molecule has 1 aliphatic carbocycles. The molecule has 0 radical (unpaired) electrons. The number of carbonyl (C=O) groups is 1. The van der Waals surface area contributed by atoms with Crippen molar-refractivity contribution < 1.29 is 4.79 Å². The summed E-state index contributed by atoms with van der Waals surface area (Å²) in [6, 6.07) is 0. The number of hydrogen-bond acceptors (Lipinski definition) is 1. The van der Waals surface area contributed by atoms with Crippen LogP contribution in [0.4, 0.5) is 0 Å². The van der Waals surface area contributed by atoms with E-state index in [0.717, 1.165) is 0 Å². The Morgan fingerprint density at radius 3 is 2.91 bits per heavy atom. The van der Waals surface area contributed by atoms with Gasteiger partial charge in [0, 0.05) is 6.42 Å². The van der Waals surface area contributed by atoms with Crippen LogP contribution >= 0.6 is 0 Å². The van der Waals surface area contributed by atoms with E-state index in [9.17, 15) is 4.79 Å². The molecule has 0 aromatic rings. The molecule has 0 spiro atoms. The molecule has 1 heteroatoms. The van der Waals surface area contributed by atoms with Gasteiger partial charge in [0.25, 0.3) is 0 Å². The van der Waals surface area contributed by atoms with Crippen LogP contribution in [0.1, 0.15) is 13.3 Å². The van der Waals surface area contributed by atoms with E-state index in [1.807, 2.05) is 19.1 Å². The predicted octanol–water partition coefficient (Wildman–Crippen LogP) is 1.71. The first-order valence-electron chi connectivity index (χ1n) is 3.53. The fourth-order valence-corrected chi connectivity index (χ4v) is 1.04. The average Bonchev–Trinajstić information content (AvgIpc) is 1.96. The average molecular weight is 146 g/mol. The van der Waals surface area contributed by atoms with E-state index in [1.54, 1.807) is 12.2 Å². The number of hydrogen-bond donors (Lipinski definition) is 0. The molecular weight excluding hydrogens is 136 g/mol. The van der Waals surface area contributed by atoms with Gasteiger partial charge >= 0.3 is 0 Å². The lowest BCUT2D eigenvalue weighted by Gasteiger charge is -2.21. The smallest absolute Gasteiger partial charge is 0.166 e. The molecule has 0 aromatic heterocycles. The molecular formula is C10H10O. The molecule has 0 aliphatic heterocycles. The first-order chi connectivity index (χ1) is 5.19. The van der Waals surface area contributed by atoms with Gasteiger partial charge in [-0.2, -0.15) is 0 Å². The molecule has 1 unspecified atom stereocenters. The van der Waals surface area contributed by atoms with Crippen molar-refractivity contribution in [3.8, 4) is 12.3 Å². The molecule has 0 bridgehead atoms. The van der Waals surface area contributed by atoms with Crippen LogP contribution in [0.25, 0.3) is 0 Å². The minimum Gasteiger partial charge on any atom is -0.294 e. The maximum absolute atomic E-state index is 11.3. The number of ketones is 1. The Kier molecular flexibility index (Phi) is 1.96. The summed E-state index contributed by atoms with van der Waals surface area (Å²) >= 11 is 0. The number of allylic oxidation sites excluding steroid dienone is 4. The monoisotopic (exact) mass is 146 g/mol. The third kappa shape index (κ3) is 1.40. The molecule has 0 heterocycles. The minimum atomic E-state index is -0.455. The Labute approximate surface area is 66.8 Å². The largest absolute Gasteiger partial charge is 0.294 e. The first kappa shape index (κ1) is 7.81. The van der Waals surface area contributed by atoms with Gasteiger partial charge in [-0.15, -0.1) is 12.3 Å². The fraction of sp³-hybridized carbons (Fsp3) is 0.300. The molecule has 0 N–H and O–H groups in total. The van der Waals surface area contributed by atoms with Gasteiger partial charge in [0.15, 0.2) is 5.78 Å². The van der Waals surface area contributed by atoms with Crippen molar-refractivity contribution in [2.24, 2.45) is 5.41 Å². The third-order valence-electron chi connectivity index (χ3n) is 1.85. The zero-order valence-electron chi connectivity index (χ0n) is 6.50. The molecule has 0 amide bonds. The Balaban J connectivity index is 2.87. The topological polar surface area (TPSA) is 17.1 Å². The fourth-order valence-electron chi connectivity index (χ4n) is 1.04. The summed E-state index contributed by atoms with van der Waals surface area (Å²) in [4.78, 5) is 11.3. The Morgan fingerprint density at radius 2 is 2.36 bits per heavy atom. The summed E-state index contributed by atoms with van der Waals surface area (Å²) in [5, 5.41) is 0. The van der Waals surface area contributed by atoms with Gasteiger partial charge in [0.2, 0.25) is 0 Å². The lowest BCUT2D eigenvalue weighted by Crippen LogP contribution is -2.24. The Hall–Kier alpha value is -1.29. The summed E-state index contributed by atoms with van der Waals surface area (Å²) < 4.78 is 0. The minimum absolute atomic E-state index is 0.0953. The van der Waals surface area contributed by atoms with Gasteiger partial charge in [-0.1, -0.05) is 18.2 Å². The molecule has 1 nitrogen and oxygen atoms in total. The number of carbonyl (C=O) groups excluding carboxylic acids is 1. The summed E-state index contributed by atoms with van der Waals surface area (Å²) in [7, 11) is 0. The van der Waals surface area contributed by atoms with Gasteiger partial charge in [-0.25, -0.2) is 0 Å². The van der Waals surface area contributed by atoms with Crippen molar-refractivity contribution in [2.45, 2.75) is 13.3 Å². The maximum Gasteiger partial charge on any atom is 0.166 e. The van der Waals surface area contributed by atoms with Crippen molar-refractivity contribution in [1.29, 1.82) is 0 Å². The molecule has 1 atom stereocenters. The SMILES string of the molecule is C#CCC1(C)C=CC=CC1=O. The standard InChI is InChI=1S/C10H10O/c1-3-7-10(2)8-5-4-6-9(10)11/h1,4-6,8H,7H2,2H3. The van der Waals surface area contributed by atoms with Crippen molar-refractivity contribution in [1.82, 2.24) is 0 Å². The Bertz CT molecular complexity index is 265. The van der Waals surface area contributed by atoms with Gasteiger partial charge in [-0.3, -0.25) is 4.79 Å². The molecule has 11 heavy (non-hydrogen) atoms. The summed E-state index contributed by atoms with van der Waals surface area (Å²) in [6.45, 7) is 1.86. The van der Waals surface area contributed by atoms with Crippen LogP contribution in [-0.4, -0.2) is 5.78 Å². The molecule has 0 aromatic carbocycles. The van der Waals surface area contributed by atoms with E-state index >= 15 is 0 Å². The quantitative estimate of drug-likeness (QED) is 0.515. The van der Waals surface area contributed by atoms with Crippen LogP contribution in [-0.2, 0) is 4.79 Å². The zero-order valence-corrected chi connectivity index (χ0v) is 6.50. The molecule has 1 rings (SSSR count). The molecule has 0 saturated heterocycles. The summed E-state index contributed by atoms with van der Waals surface area (Å²) in [5.41, 5.74) is -0.455. The van der Waals surface area contributed by atoms with E-state index in [1.165, 1.54) is 0 Å². The normalized spacial score (nSPS) is 28.5. The van der Waals surface area contributed by atoms with Gasteiger partial charge in [0.1, 0.15) is 0 Å². The van der Waals surface area contributed by atoms with Crippen LogP contribution in [0, 0.1) is 17.8 Å². The molecule has 0 fully saturated rings. The first-order valence-corrected chi connectivity index (χ1v) is 3.53. The lowest BCUT2D eigenvalue weighted by molar-refractivity contribution is -0.120. The van der Waals surface area contributed by atoms with Crippen LogP contribution in [0.5, 0.6) is 0 Å². The Morgan fingerprint density at radius 1 is 1.64 bits per heavy atom. The van der Waals surface area contributed by atoms with E-state index in [0.29, 0.717) is 6.42 Å². The highest BCUT2D eigenvalue weighted by Gasteiger charge is 2.28. The molecule has 1 aliphatic rings. The predicted molar refractivity (Wildman–Crippen MR) is 44.8 cm³/mol. The molecule has 0 saturated carbocycles. The third-order valence-corrected chi connectivity index (χ3v) is 1.85. The van der Waals surface area contributed by atoms with Gasteiger partial charge in [0.05, 0.1) is 5.41 Å². The second kappa shape index (κ2) is 2.75. The second-order valence-electron chi connectivity index (χ2n) is 2.88. The van der Waals surface area contributed by atoms with Crippen LogP contribution < -0.4 is 0 Å². The highest BCUT2D eigenvalue weighted by atomic mass is 16.1. The van der Waals surface area contributed by atoms with Crippen LogP contribution in [0.3, 0.4) is 0 Å². The zero-order chi connectivity index (χ0) is 8.32. The number of rotatable bonds is 1. The van der Waals surface area contributed by atoms with Crippen LogP contribution in [0.2, 0.25) is 0 Å². The highest BCUT2D eigenvalue weighted by Crippen LogP contribution is 2.26. The molecule has 56 valence electrons. The summed E-state index contributed by atoms with van der Waals surface area (Å²) in [5.74, 6) is 2.60. The van der Waals surface area contributed by atoms with Crippen molar-refractivity contribution in [2.75, 3.05) is 0 Å². The second-order valence-corrected chi connectivity index (χ2v) is 2.88. The van der Waals surface area contributed by atoms with E-state index in [-0.39, 0.29) is 5.78 Å². The number of terminal acetylenes is 1. The van der Waals surface area contributed by atoms with Gasteiger partial charge in [-0.05, 0) is 13.0 Å². The summed E-state index contributed by atoms with van der Waals surface area (Å²) in [6.07, 6.45) is 12.6. The van der Waals surface area contributed by atoms with E-state index < -0.39 is 5.41 Å². The van der Waals surface area contributed by atoms with Crippen molar-refractivity contribution in [3.63, 3.8) is 0 Å².